The van der Waals surface area contributed by atoms with E-state index in [4.69, 9.17) is 10.5 Å². The Hall–Kier alpha value is -2.40. The number of aromatic nitrogens is 3. The van der Waals surface area contributed by atoms with E-state index in [0.29, 0.717) is 12.3 Å². The van der Waals surface area contributed by atoms with Gasteiger partial charge in [-0.05, 0) is 18.2 Å². The maximum atomic E-state index is 5.82. The molecule has 0 radical (unpaired) electrons. The largest absolute Gasteiger partial charge is 0.397 e. The van der Waals surface area contributed by atoms with E-state index in [9.17, 15) is 0 Å². The van der Waals surface area contributed by atoms with Crippen molar-refractivity contribution in [1.82, 2.24) is 14.5 Å². The molecule has 5 nitrogen and oxygen atoms in total. The molecule has 0 aliphatic heterocycles. The van der Waals surface area contributed by atoms with Crippen molar-refractivity contribution < 1.29 is 4.74 Å². The van der Waals surface area contributed by atoms with Crippen LogP contribution in [0.4, 0.5) is 5.69 Å². The first kappa shape index (κ1) is 12.6. The Morgan fingerprint density at radius 1 is 1.25 bits per heavy atom. The number of nitrogens with zero attached hydrogens (tertiary/aromatic N) is 3. The Morgan fingerprint density at radius 2 is 2.10 bits per heavy atom. The normalized spacial score (nSPS) is 11.1. The second kappa shape index (κ2) is 5.30. The highest BCUT2D eigenvalue weighted by molar-refractivity contribution is 5.80. The van der Waals surface area contributed by atoms with E-state index in [1.165, 1.54) is 0 Å². The van der Waals surface area contributed by atoms with Crippen molar-refractivity contribution in [3.05, 3.63) is 42.7 Å². The molecule has 0 saturated carbocycles. The molecule has 5 heteroatoms. The molecule has 0 bridgehead atoms. The van der Waals surface area contributed by atoms with Gasteiger partial charge in [0.1, 0.15) is 5.82 Å². The van der Waals surface area contributed by atoms with Gasteiger partial charge >= 0.3 is 0 Å². The zero-order chi connectivity index (χ0) is 13.9. The Kier molecular flexibility index (Phi) is 3.35. The SMILES string of the molecule is COCCn1c(-c2cncc(N)c2)nc2ccccc21. The van der Waals surface area contributed by atoms with Gasteiger partial charge < -0.3 is 15.0 Å². The Bertz CT molecular complexity index is 736. The highest BCUT2D eigenvalue weighted by Crippen LogP contribution is 2.25. The smallest absolute Gasteiger partial charge is 0.142 e. The minimum Gasteiger partial charge on any atom is -0.397 e. The molecule has 3 rings (SSSR count). The first-order valence-electron chi connectivity index (χ1n) is 6.44. The number of hydrogen-bond donors (Lipinski definition) is 1. The summed E-state index contributed by atoms with van der Waals surface area (Å²) in [6.07, 6.45) is 3.41. The molecule has 1 aromatic carbocycles. The predicted octanol–water partition coefficient (Wildman–Crippen LogP) is 2.33. The van der Waals surface area contributed by atoms with E-state index < -0.39 is 0 Å². The second-order valence-electron chi connectivity index (χ2n) is 4.58. The van der Waals surface area contributed by atoms with Crippen molar-refractivity contribution in [2.75, 3.05) is 19.5 Å². The third-order valence-electron chi connectivity index (χ3n) is 3.19. The molecule has 0 fully saturated rings. The van der Waals surface area contributed by atoms with Crippen LogP contribution in [-0.4, -0.2) is 28.3 Å². The third kappa shape index (κ3) is 2.23. The van der Waals surface area contributed by atoms with Gasteiger partial charge in [-0.25, -0.2) is 4.98 Å². The number of imidazole rings is 1. The predicted molar refractivity (Wildman–Crippen MR) is 79.3 cm³/mol. The van der Waals surface area contributed by atoms with Crippen LogP contribution >= 0.6 is 0 Å². The fourth-order valence-electron chi connectivity index (χ4n) is 2.28. The quantitative estimate of drug-likeness (QED) is 0.788. The lowest BCUT2D eigenvalue weighted by Gasteiger charge is -2.08. The van der Waals surface area contributed by atoms with Gasteiger partial charge in [0, 0.05) is 31.6 Å². The van der Waals surface area contributed by atoms with E-state index in [1.54, 1.807) is 19.5 Å². The second-order valence-corrected chi connectivity index (χ2v) is 4.58. The molecule has 2 aromatic heterocycles. The molecule has 0 amide bonds. The van der Waals surface area contributed by atoms with E-state index in [2.05, 4.69) is 20.6 Å². The minimum atomic E-state index is 0.628. The van der Waals surface area contributed by atoms with Crippen LogP contribution in [0.2, 0.25) is 0 Å². The van der Waals surface area contributed by atoms with E-state index in [1.807, 2.05) is 24.3 Å². The zero-order valence-electron chi connectivity index (χ0n) is 11.3. The number of benzene rings is 1. The van der Waals surface area contributed by atoms with Crippen LogP contribution in [0.25, 0.3) is 22.4 Å². The number of hydrogen-bond acceptors (Lipinski definition) is 4. The van der Waals surface area contributed by atoms with E-state index >= 15 is 0 Å². The maximum absolute atomic E-state index is 5.82. The average molecular weight is 268 g/mol. The average Bonchev–Trinajstić information content (AvgIpc) is 2.84. The van der Waals surface area contributed by atoms with Crippen molar-refractivity contribution in [3.63, 3.8) is 0 Å². The van der Waals surface area contributed by atoms with Crippen molar-refractivity contribution >= 4 is 16.7 Å². The van der Waals surface area contributed by atoms with Gasteiger partial charge in [-0.3, -0.25) is 4.98 Å². The van der Waals surface area contributed by atoms with Crippen molar-refractivity contribution in [3.8, 4) is 11.4 Å². The molecule has 0 spiro atoms. The molecule has 2 heterocycles. The van der Waals surface area contributed by atoms with Gasteiger partial charge in [-0.1, -0.05) is 12.1 Å². The molecular weight excluding hydrogens is 252 g/mol. The van der Waals surface area contributed by atoms with Gasteiger partial charge in [-0.15, -0.1) is 0 Å². The van der Waals surface area contributed by atoms with E-state index in [-0.39, 0.29) is 0 Å². The number of methoxy groups -OCH3 is 1. The van der Waals surface area contributed by atoms with Crippen LogP contribution in [0.3, 0.4) is 0 Å². The lowest BCUT2D eigenvalue weighted by Crippen LogP contribution is -2.06. The third-order valence-corrected chi connectivity index (χ3v) is 3.19. The Labute approximate surface area is 117 Å². The standard InChI is InChI=1S/C15H16N4O/c1-20-7-6-19-14-5-3-2-4-13(14)18-15(19)11-8-12(16)10-17-9-11/h2-5,8-10H,6-7,16H2,1H3. The van der Waals surface area contributed by atoms with Crippen LogP contribution < -0.4 is 5.73 Å². The number of ether oxygens (including phenoxy) is 1. The molecule has 2 N–H and O–H groups in total. The van der Waals surface area contributed by atoms with Crippen molar-refractivity contribution in [2.24, 2.45) is 0 Å². The number of pyridine rings is 1. The molecule has 0 aliphatic carbocycles. The summed E-state index contributed by atoms with van der Waals surface area (Å²) in [6.45, 7) is 1.37. The fourth-order valence-corrected chi connectivity index (χ4v) is 2.28. The maximum Gasteiger partial charge on any atom is 0.142 e. The highest BCUT2D eigenvalue weighted by Gasteiger charge is 2.12. The van der Waals surface area contributed by atoms with Crippen molar-refractivity contribution in [2.45, 2.75) is 6.54 Å². The summed E-state index contributed by atoms with van der Waals surface area (Å²) < 4.78 is 7.32. The molecule has 0 saturated heterocycles. The first-order valence-corrected chi connectivity index (χ1v) is 6.44. The number of para-hydroxylation sites is 2. The summed E-state index contributed by atoms with van der Waals surface area (Å²) >= 11 is 0. The number of nitrogen functional groups attached to an aromatic ring is 1. The molecular formula is C15H16N4O. The molecule has 0 aliphatic rings. The number of anilines is 1. The number of nitrogens with two attached hydrogens (primary N) is 1. The summed E-state index contributed by atoms with van der Waals surface area (Å²) in [5.74, 6) is 0.864. The Morgan fingerprint density at radius 3 is 2.90 bits per heavy atom. The van der Waals surface area contributed by atoms with Crippen molar-refractivity contribution in [1.29, 1.82) is 0 Å². The summed E-state index contributed by atoms with van der Waals surface area (Å²) in [5.41, 5.74) is 9.41. The van der Waals surface area contributed by atoms with Gasteiger partial charge in [-0.2, -0.15) is 0 Å². The monoisotopic (exact) mass is 268 g/mol. The van der Waals surface area contributed by atoms with Gasteiger partial charge in [0.05, 0.1) is 23.3 Å². The van der Waals surface area contributed by atoms with Crippen LogP contribution in [-0.2, 0) is 11.3 Å². The van der Waals surface area contributed by atoms with Gasteiger partial charge in [0.25, 0.3) is 0 Å². The zero-order valence-corrected chi connectivity index (χ0v) is 11.3. The molecule has 0 atom stereocenters. The van der Waals surface area contributed by atoms with E-state index in [0.717, 1.165) is 29.0 Å². The fraction of sp³-hybridized carbons (Fsp3) is 0.200. The van der Waals surface area contributed by atoms with Crippen LogP contribution in [0.5, 0.6) is 0 Å². The molecule has 102 valence electrons. The Balaban J connectivity index is 2.18. The van der Waals surface area contributed by atoms with Crippen LogP contribution in [0, 0.1) is 0 Å². The van der Waals surface area contributed by atoms with Crippen LogP contribution in [0.1, 0.15) is 0 Å². The number of rotatable bonds is 4. The summed E-state index contributed by atoms with van der Waals surface area (Å²) in [7, 11) is 1.70. The van der Waals surface area contributed by atoms with Gasteiger partial charge in [0.2, 0.25) is 0 Å². The first-order chi connectivity index (χ1) is 9.79. The molecule has 3 aromatic rings. The summed E-state index contributed by atoms with van der Waals surface area (Å²) in [5, 5.41) is 0. The number of fused-ring (bicyclic) bond motifs is 1. The topological polar surface area (TPSA) is 66.0 Å². The van der Waals surface area contributed by atoms with Crippen LogP contribution in [0.15, 0.2) is 42.7 Å². The van der Waals surface area contributed by atoms with Gasteiger partial charge in [0.15, 0.2) is 0 Å². The lowest BCUT2D eigenvalue weighted by atomic mass is 10.2. The molecule has 20 heavy (non-hydrogen) atoms. The minimum absolute atomic E-state index is 0.628. The lowest BCUT2D eigenvalue weighted by molar-refractivity contribution is 0.188. The highest BCUT2D eigenvalue weighted by atomic mass is 16.5. The molecule has 0 unspecified atom stereocenters. The summed E-state index contributed by atoms with van der Waals surface area (Å²) in [6, 6.07) is 9.94. The summed E-state index contributed by atoms with van der Waals surface area (Å²) in [4.78, 5) is 8.83.